The van der Waals surface area contributed by atoms with Crippen molar-refractivity contribution in [3.8, 4) is 0 Å². The Kier molecular flexibility index (Phi) is 16.2. The topological polar surface area (TPSA) is 26.3 Å². The molecule has 1 aromatic carbocycles. The molecular formula is C27H44O2. The van der Waals surface area contributed by atoms with Crippen LogP contribution in [0.15, 0.2) is 30.3 Å². The molecule has 0 spiro atoms. The van der Waals surface area contributed by atoms with Gasteiger partial charge in [-0.3, -0.25) is 4.79 Å². The molecule has 1 rings (SSSR count). The van der Waals surface area contributed by atoms with Gasteiger partial charge >= 0.3 is 5.97 Å². The summed E-state index contributed by atoms with van der Waals surface area (Å²) in [7, 11) is 1.46. The van der Waals surface area contributed by atoms with Crippen LogP contribution in [-0.2, 0) is 16.0 Å². The number of allylic oxidation sites excluding steroid dienone is 1. The van der Waals surface area contributed by atoms with E-state index in [2.05, 4.69) is 48.1 Å². The SMILES string of the molecule is CCCCCCCCc1ccc(C=CCCCCCCCCCC(=O)OC)cc1. The molecule has 2 heteroatoms. The van der Waals surface area contributed by atoms with Crippen molar-refractivity contribution < 1.29 is 9.53 Å². The van der Waals surface area contributed by atoms with E-state index >= 15 is 0 Å². The first-order valence-electron chi connectivity index (χ1n) is 12.1. The smallest absolute Gasteiger partial charge is 0.305 e. The Balaban J connectivity index is 1.99. The van der Waals surface area contributed by atoms with E-state index in [-0.39, 0.29) is 5.97 Å². The van der Waals surface area contributed by atoms with E-state index in [1.54, 1.807) is 0 Å². The fraction of sp³-hybridized carbons (Fsp3) is 0.667. The first-order chi connectivity index (χ1) is 14.3. The van der Waals surface area contributed by atoms with E-state index in [4.69, 9.17) is 0 Å². The predicted octanol–water partition coefficient (Wildman–Crippen LogP) is 8.29. The number of esters is 1. The third-order valence-electron chi connectivity index (χ3n) is 5.59. The van der Waals surface area contributed by atoms with E-state index in [0.717, 1.165) is 12.8 Å². The van der Waals surface area contributed by atoms with Crippen LogP contribution in [0, 0.1) is 0 Å². The van der Waals surface area contributed by atoms with Crippen molar-refractivity contribution in [2.45, 2.75) is 110 Å². The standard InChI is InChI=1S/C27H44O2/c1-3-4-5-6-12-15-18-25-21-23-26(24-22-25)19-16-13-10-8-7-9-11-14-17-20-27(28)29-2/h16,19,21-24H,3-15,17-18,20H2,1-2H3. The minimum Gasteiger partial charge on any atom is -0.469 e. The highest BCUT2D eigenvalue weighted by molar-refractivity contribution is 5.68. The van der Waals surface area contributed by atoms with Gasteiger partial charge in [0.2, 0.25) is 0 Å². The second-order valence-electron chi connectivity index (χ2n) is 8.25. The summed E-state index contributed by atoms with van der Waals surface area (Å²) in [6.45, 7) is 2.27. The molecule has 0 aliphatic heterocycles. The second-order valence-corrected chi connectivity index (χ2v) is 8.25. The summed E-state index contributed by atoms with van der Waals surface area (Å²) in [5.74, 6) is -0.0794. The molecule has 1 aromatic rings. The van der Waals surface area contributed by atoms with Crippen molar-refractivity contribution in [2.75, 3.05) is 7.11 Å². The van der Waals surface area contributed by atoms with Crippen molar-refractivity contribution in [1.29, 1.82) is 0 Å². The molecule has 0 amide bonds. The van der Waals surface area contributed by atoms with Crippen molar-refractivity contribution in [2.24, 2.45) is 0 Å². The molecule has 29 heavy (non-hydrogen) atoms. The molecule has 0 bridgehead atoms. The lowest BCUT2D eigenvalue weighted by atomic mass is 10.0. The van der Waals surface area contributed by atoms with Gasteiger partial charge in [0.05, 0.1) is 7.11 Å². The number of methoxy groups -OCH3 is 1. The molecular weight excluding hydrogens is 356 g/mol. The van der Waals surface area contributed by atoms with E-state index in [0.29, 0.717) is 6.42 Å². The van der Waals surface area contributed by atoms with Crippen molar-refractivity contribution >= 4 is 12.0 Å². The molecule has 164 valence electrons. The molecule has 0 aliphatic rings. The molecule has 0 saturated carbocycles. The van der Waals surface area contributed by atoms with Gasteiger partial charge in [0.15, 0.2) is 0 Å². The van der Waals surface area contributed by atoms with Gasteiger partial charge in [-0.2, -0.15) is 0 Å². The molecule has 0 aliphatic carbocycles. The van der Waals surface area contributed by atoms with Crippen LogP contribution in [0.25, 0.3) is 6.08 Å². The van der Waals surface area contributed by atoms with Crippen molar-refractivity contribution in [3.63, 3.8) is 0 Å². The maximum absolute atomic E-state index is 11.0. The van der Waals surface area contributed by atoms with Gasteiger partial charge in [0.25, 0.3) is 0 Å². The Morgan fingerprint density at radius 1 is 0.793 bits per heavy atom. The summed E-state index contributed by atoms with van der Waals surface area (Å²) in [6.07, 6.45) is 24.3. The molecule has 0 heterocycles. The van der Waals surface area contributed by atoms with Gasteiger partial charge in [-0.25, -0.2) is 0 Å². The van der Waals surface area contributed by atoms with Crippen molar-refractivity contribution in [1.82, 2.24) is 0 Å². The Morgan fingerprint density at radius 2 is 1.38 bits per heavy atom. The number of benzene rings is 1. The lowest BCUT2D eigenvalue weighted by Gasteiger charge is -2.03. The third-order valence-corrected chi connectivity index (χ3v) is 5.59. The largest absolute Gasteiger partial charge is 0.469 e. The number of aryl methyl sites for hydroxylation is 1. The molecule has 2 nitrogen and oxygen atoms in total. The molecule has 0 saturated heterocycles. The Labute approximate surface area is 180 Å². The number of carbonyl (C=O) groups excluding carboxylic acids is 1. The van der Waals surface area contributed by atoms with Crippen LogP contribution in [0.4, 0.5) is 0 Å². The van der Waals surface area contributed by atoms with Crippen LogP contribution in [0.1, 0.15) is 114 Å². The lowest BCUT2D eigenvalue weighted by molar-refractivity contribution is -0.140. The normalized spacial score (nSPS) is 11.2. The fourth-order valence-corrected chi connectivity index (χ4v) is 3.64. The van der Waals surface area contributed by atoms with Crippen LogP contribution in [-0.4, -0.2) is 13.1 Å². The maximum Gasteiger partial charge on any atom is 0.305 e. The lowest BCUT2D eigenvalue weighted by Crippen LogP contribution is -1.99. The molecule has 0 radical (unpaired) electrons. The minimum atomic E-state index is -0.0794. The molecule has 0 N–H and O–H groups in total. The van der Waals surface area contributed by atoms with Gasteiger partial charge in [0, 0.05) is 6.42 Å². The van der Waals surface area contributed by atoms with E-state index in [1.807, 2.05) is 0 Å². The molecule has 0 aromatic heterocycles. The van der Waals surface area contributed by atoms with Gasteiger partial charge in [-0.05, 0) is 43.2 Å². The number of unbranched alkanes of at least 4 members (excludes halogenated alkanes) is 12. The molecule has 0 fully saturated rings. The quantitative estimate of drug-likeness (QED) is 0.183. The Hall–Kier alpha value is -1.57. The van der Waals surface area contributed by atoms with Crippen LogP contribution >= 0.6 is 0 Å². The van der Waals surface area contributed by atoms with Crippen LogP contribution in [0.5, 0.6) is 0 Å². The summed E-state index contributed by atoms with van der Waals surface area (Å²) >= 11 is 0. The van der Waals surface area contributed by atoms with Gasteiger partial charge in [-0.15, -0.1) is 0 Å². The highest BCUT2D eigenvalue weighted by Crippen LogP contribution is 2.13. The highest BCUT2D eigenvalue weighted by Gasteiger charge is 1.99. The second kappa shape index (κ2) is 18.5. The first-order valence-corrected chi connectivity index (χ1v) is 12.1. The van der Waals surface area contributed by atoms with Gasteiger partial charge in [-0.1, -0.05) is 108 Å². The van der Waals surface area contributed by atoms with Crippen LogP contribution < -0.4 is 0 Å². The zero-order valence-corrected chi connectivity index (χ0v) is 19.1. The number of hydrogen-bond donors (Lipinski definition) is 0. The van der Waals surface area contributed by atoms with E-state index in [9.17, 15) is 4.79 Å². The van der Waals surface area contributed by atoms with Crippen LogP contribution in [0.2, 0.25) is 0 Å². The van der Waals surface area contributed by atoms with E-state index < -0.39 is 0 Å². The zero-order valence-electron chi connectivity index (χ0n) is 19.1. The monoisotopic (exact) mass is 400 g/mol. The minimum absolute atomic E-state index is 0.0794. The highest BCUT2D eigenvalue weighted by atomic mass is 16.5. The van der Waals surface area contributed by atoms with Gasteiger partial charge in [0.1, 0.15) is 0 Å². The summed E-state index contributed by atoms with van der Waals surface area (Å²) in [5.41, 5.74) is 2.80. The maximum atomic E-state index is 11.0. The summed E-state index contributed by atoms with van der Waals surface area (Å²) < 4.78 is 4.66. The Morgan fingerprint density at radius 3 is 2.03 bits per heavy atom. The van der Waals surface area contributed by atoms with Crippen molar-refractivity contribution in [3.05, 3.63) is 41.5 Å². The Bertz CT molecular complexity index is 530. The molecule has 0 atom stereocenters. The third kappa shape index (κ3) is 15.0. The predicted molar refractivity (Wildman–Crippen MR) is 126 cm³/mol. The average Bonchev–Trinajstić information content (AvgIpc) is 2.75. The summed E-state index contributed by atoms with van der Waals surface area (Å²) in [6, 6.07) is 9.12. The summed E-state index contributed by atoms with van der Waals surface area (Å²) in [5, 5.41) is 0. The molecule has 0 unspecified atom stereocenters. The van der Waals surface area contributed by atoms with Gasteiger partial charge < -0.3 is 4.74 Å². The number of ether oxygens (including phenoxy) is 1. The first kappa shape index (κ1) is 25.5. The average molecular weight is 401 g/mol. The fourth-order valence-electron chi connectivity index (χ4n) is 3.64. The van der Waals surface area contributed by atoms with E-state index in [1.165, 1.54) is 102 Å². The number of rotatable bonds is 18. The zero-order chi connectivity index (χ0) is 21.0. The number of carbonyl (C=O) groups is 1. The van der Waals surface area contributed by atoms with Crippen LogP contribution in [0.3, 0.4) is 0 Å². The summed E-state index contributed by atoms with van der Waals surface area (Å²) in [4.78, 5) is 11.0. The number of hydrogen-bond acceptors (Lipinski definition) is 2.